The molecule has 328 valence electrons. The molecular formula is C52H90O5. The minimum atomic E-state index is -0.779. The lowest BCUT2D eigenvalue weighted by Gasteiger charge is -2.15. The van der Waals surface area contributed by atoms with Gasteiger partial charge in [0.15, 0.2) is 6.10 Å². The van der Waals surface area contributed by atoms with Crippen LogP contribution in [0.15, 0.2) is 72.9 Å². The first-order valence-electron chi connectivity index (χ1n) is 24.0. The zero-order valence-corrected chi connectivity index (χ0v) is 37.3. The molecule has 0 saturated carbocycles. The van der Waals surface area contributed by atoms with E-state index in [1.807, 2.05) is 0 Å². The van der Waals surface area contributed by atoms with Crippen LogP contribution in [-0.2, 0) is 19.1 Å². The van der Waals surface area contributed by atoms with Gasteiger partial charge in [0.25, 0.3) is 0 Å². The Balaban J connectivity index is 3.54. The van der Waals surface area contributed by atoms with Crippen LogP contribution in [0.1, 0.15) is 226 Å². The molecule has 1 unspecified atom stereocenters. The Morgan fingerprint density at radius 1 is 0.421 bits per heavy atom. The first-order valence-corrected chi connectivity index (χ1v) is 24.0. The number of rotatable bonds is 43. The maximum Gasteiger partial charge on any atom is 0.306 e. The molecular weight excluding hydrogens is 705 g/mol. The van der Waals surface area contributed by atoms with Crippen molar-refractivity contribution in [3.63, 3.8) is 0 Å². The number of aliphatic hydroxyl groups excluding tert-OH is 1. The summed E-state index contributed by atoms with van der Waals surface area (Å²) in [4.78, 5) is 24.4. The molecule has 0 rings (SSSR count). The number of hydrogen-bond acceptors (Lipinski definition) is 5. The number of aliphatic hydroxyl groups is 1. The molecule has 57 heavy (non-hydrogen) atoms. The quantitative estimate of drug-likeness (QED) is 0.0378. The van der Waals surface area contributed by atoms with Crippen molar-refractivity contribution in [3.8, 4) is 0 Å². The van der Waals surface area contributed by atoms with E-state index in [0.717, 1.165) is 77.0 Å². The molecule has 0 heterocycles. The number of hydrogen-bond donors (Lipinski definition) is 1. The molecule has 1 atom stereocenters. The normalized spacial score (nSPS) is 12.8. The molecule has 0 saturated heterocycles. The van der Waals surface area contributed by atoms with Gasteiger partial charge in [-0.1, -0.05) is 202 Å². The molecule has 0 aromatic carbocycles. The maximum atomic E-state index is 12.2. The van der Waals surface area contributed by atoms with Crippen LogP contribution in [0.25, 0.3) is 0 Å². The van der Waals surface area contributed by atoms with Gasteiger partial charge in [-0.15, -0.1) is 0 Å². The Kier molecular flexibility index (Phi) is 45.5. The molecule has 0 bridgehead atoms. The Morgan fingerprint density at radius 3 is 1.16 bits per heavy atom. The van der Waals surface area contributed by atoms with Crippen LogP contribution < -0.4 is 0 Å². The van der Waals surface area contributed by atoms with Crippen molar-refractivity contribution in [3.05, 3.63) is 72.9 Å². The highest BCUT2D eigenvalue weighted by Gasteiger charge is 2.16. The van der Waals surface area contributed by atoms with E-state index in [1.54, 1.807) is 0 Å². The van der Waals surface area contributed by atoms with Gasteiger partial charge in [-0.05, 0) is 83.5 Å². The number of carbonyl (C=O) groups is 2. The molecule has 0 aliphatic heterocycles. The number of allylic oxidation sites excluding steroid dienone is 12. The highest BCUT2D eigenvalue weighted by atomic mass is 16.6. The number of ether oxygens (including phenoxy) is 2. The smallest absolute Gasteiger partial charge is 0.306 e. The molecule has 0 aromatic heterocycles. The lowest BCUT2D eigenvalue weighted by Crippen LogP contribution is -2.28. The second kappa shape index (κ2) is 47.7. The second-order valence-electron chi connectivity index (χ2n) is 15.8. The summed E-state index contributed by atoms with van der Waals surface area (Å²) in [6, 6.07) is 0. The first-order chi connectivity index (χ1) is 28.1. The Bertz CT molecular complexity index is 1040. The summed E-state index contributed by atoms with van der Waals surface area (Å²) in [5.74, 6) is -0.603. The monoisotopic (exact) mass is 795 g/mol. The fourth-order valence-electron chi connectivity index (χ4n) is 6.63. The number of carbonyl (C=O) groups excluding carboxylic acids is 2. The largest absolute Gasteiger partial charge is 0.462 e. The molecule has 1 N–H and O–H groups in total. The fraction of sp³-hybridized carbons (Fsp3) is 0.731. The van der Waals surface area contributed by atoms with Crippen molar-refractivity contribution in [1.82, 2.24) is 0 Å². The highest BCUT2D eigenvalue weighted by molar-refractivity contribution is 5.70. The lowest BCUT2D eigenvalue weighted by molar-refractivity contribution is -0.161. The molecule has 0 amide bonds. The third-order valence-electron chi connectivity index (χ3n) is 10.2. The minimum absolute atomic E-state index is 0.0729. The van der Waals surface area contributed by atoms with Crippen LogP contribution in [-0.4, -0.2) is 36.4 Å². The Hall–Kier alpha value is -2.66. The average Bonchev–Trinajstić information content (AvgIpc) is 3.21. The van der Waals surface area contributed by atoms with Gasteiger partial charge >= 0.3 is 11.9 Å². The summed E-state index contributed by atoms with van der Waals surface area (Å²) in [5, 5.41) is 9.60. The molecule has 5 heteroatoms. The van der Waals surface area contributed by atoms with Gasteiger partial charge < -0.3 is 14.6 Å². The summed E-state index contributed by atoms with van der Waals surface area (Å²) in [7, 11) is 0. The van der Waals surface area contributed by atoms with E-state index in [2.05, 4.69) is 86.8 Å². The third kappa shape index (κ3) is 45.9. The summed E-state index contributed by atoms with van der Waals surface area (Å²) in [5.41, 5.74) is 0. The minimum Gasteiger partial charge on any atom is -0.462 e. The molecule has 0 aliphatic rings. The van der Waals surface area contributed by atoms with E-state index >= 15 is 0 Å². The van der Waals surface area contributed by atoms with Gasteiger partial charge in [0.2, 0.25) is 0 Å². The first kappa shape index (κ1) is 54.3. The van der Waals surface area contributed by atoms with Crippen molar-refractivity contribution in [2.24, 2.45) is 0 Å². The zero-order valence-electron chi connectivity index (χ0n) is 37.3. The molecule has 0 fully saturated rings. The van der Waals surface area contributed by atoms with E-state index in [4.69, 9.17) is 9.47 Å². The maximum absolute atomic E-state index is 12.2. The number of unbranched alkanes of at least 4 members (excludes halogenated alkanes) is 23. The van der Waals surface area contributed by atoms with Gasteiger partial charge in [0.05, 0.1) is 6.61 Å². The van der Waals surface area contributed by atoms with E-state index in [9.17, 15) is 14.7 Å². The summed E-state index contributed by atoms with van der Waals surface area (Å²) >= 11 is 0. The van der Waals surface area contributed by atoms with E-state index in [1.165, 1.54) is 122 Å². The standard InChI is InChI=1S/C52H90O5/c1-3-5-7-9-11-13-15-17-19-21-22-23-24-25-26-27-28-29-30-31-33-35-37-39-41-43-45-47-52(55)57-50(48-53)49-56-51(54)46-44-42-40-38-36-34-32-20-18-16-14-12-10-8-6-4-2/h5,7,11,13,17,19-20,22-23,25-26,32,50,53H,3-4,6,8-10,12,14-16,18,21,24,27-31,33-49H2,1-2H3/b7-5-,13-11-,19-17-,23-22-,26-25-,32-20-. The molecule has 0 spiro atoms. The molecule has 0 radical (unpaired) electrons. The van der Waals surface area contributed by atoms with Gasteiger partial charge in [0, 0.05) is 12.8 Å². The van der Waals surface area contributed by atoms with Gasteiger partial charge in [-0.25, -0.2) is 0 Å². The van der Waals surface area contributed by atoms with Crippen LogP contribution in [0.2, 0.25) is 0 Å². The van der Waals surface area contributed by atoms with Crippen LogP contribution in [0.3, 0.4) is 0 Å². The fourth-order valence-corrected chi connectivity index (χ4v) is 6.63. The lowest BCUT2D eigenvalue weighted by atomic mass is 10.0. The van der Waals surface area contributed by atoms with E-state index in [0.29, 0.717) is 12.8 Å². The predicted octanol–water partition coefficient (Wildman–Crippen LogP) is 15.7. The van der Waals surface area contributed by atoms with Crippen molar-refractivity contribution in [2.75, 3.05) is 13.2 Å². The molecule has 5 nitrogen and oxygen atoms in total. The van der Waals surface area contributed by atoms with Crippen molar-refractivity contribution in [1.29, 1.82) is 0 Å². The van der Waals surface area contributed by atoms with Crippen LogP contribution >= 0.6 is 0 Å². The van der Waals surface area contributed by atoms with Crippen molar-refractivity contribution in [2.45, 2.75) is 232 Å². The zero-order chi connectivity index (χ0) is 41.4. The molecule has 0 aromatic rings. The Labute approximate surface area is 353 Å². The van der Waals surface area contributed by atoms with Crippen LogP contribution in [0.5, 0.6) is 0 Å². The topological polar surface area (TPSA) is 72.8 Å². The van der Waals surface area contributed by atoms with E-state index in [-0.39, 0.29) is 25.2 Å². The number of esters is 2. The summed E-state index contributed by atoms with van der Waals surface area (Å²) < 4.78 is 10.7. The van der Waals surface area contributed by atoms with E-state index < -0.39 is 6.10 Å². The van der Waals surface area contributed by atoms with Crippen molar-refractivity contribution >= 4 is 11.9 Å². The van der Waals surface area contributed by atoms with Crippen LogP contribution in [0.4, 0.5) is 0 Å². The van der Waals surface area contributed by atoms with Gasteiger partial charge in [-0.3, -0.25) is 9.59 Å². The highest BCUT2D eigenvalue weighted by Crippen LogP contribution is 2.14. The third-order valence-corrected chi connectivity index (χ3v) is 10.2. The average molecular weight is 795 g/mol. The summed E-state index contributed by atoms with van der Waals surface area (Å²) in [6.07, 6.45) is 64.1. The SMILES string of the molecule is CC/C=C\C/C=C\C/C=C\C/C=C\C/C=C\CCCCCCCCCCCCCC(=O)OC(CO)COC(=O)CCCCCCC/C=C\CCCCCCCCC. The van der Waals surface area contributed by atoms with Crippen molar-refractivity contribution < 1.29 is 24.2 Å². The second-order valence-corrected chi connectivity index (χ2v) is 15.8. The molecule has 0 aliphatic carbocycles. The Morgan fingerprint density at radius 2 is 0.754 bits per heavy atom. The van der Waals surface area contributed by atoms with Gasteiger partial charge in [-0.2, -0.15) is 0 Å². The predicted molar refractivity (Wildman–Crippen MR) is 246 cm³/mol. The van der Waals surface area contributed by atoms with Crippen LogP contribution in [0, 0.1) is 0 Å². The summed E-state index contributed by atoms with van der Waals surface area (Å²) in [6.45, 7) is 4.02. The van der Waals surface area contributed by atoms with Gasteiger partial charge in [0.1, 0.15) is 6.61 Å².